The van der Waals surface area contributed by atoms with Crippen molar-refractivity contribution in [1.29, 1.82) is 0 Å². The number of aromatic nitrogens is 2. The first-order chi connectivity index (χ1) is 10.3. The molecule has 0 spiro atoms. The normalized spacial score (nSPS) is 14.5. The summed E-state index contributed by atoms with van der Waals surface area (Å²) in [6, 6.07) is 10.8. The number of para-hydroxylation sites is 1. The second-order valence-corrected chi connectivity index (χ2v) is 6.19. The Bertz CT molecular complexity index is 765. The minimum atomic E-state index is 0.347. The second kappa shape index (κ2) is 5.00. The maximum atomic E-state index is 5.91. The van der Waals surface area contributed by atoms with Crippen molar-refractivity contribution in [1.82, 2.24) is 9.97 Å². The van der Waals surface area contributed by atoms with E-state index in [4.69, 9.17) is 5.73 Å². The number of fused-ring (bicyclic) bond motifs is 1. The molecule has 0 aliphatic heterocycles. The van der Waals surface area contributed by atoms with Gasteiger partial charge in [0.15, 0.2) is 0 Å². The molecule has 5 heteroatoms. The molecule has 2 heterocycles. The molecule has 2 aromatic heterocycles. The SMILES string of the molecule is Nc1nc(N(Cc2ccsc2)C2CC2)c2ccccc2n1. The zero-order chi connectivity index (χ0) is 14.2. The van der Waals surface area contributed by atoms with Crippen LogP contribution in [0.3, 0.4) is 0 Å². The molecule has 3 aromatic rings. The van der Waals surface area contributed by atoms with Gasteiger partial charge in [-0.1, -0.05) is 12.1 Å². The van der Waals surface area contributed by atoms with E-state index in [2.05, 4.69) is 37.8 Å². The summed E-state index contributed by atoms with van der Waals surface area (Å²) in [4.78, 5) is 11.3. The number of rotatable bonds is 4. The highest BCUT2D eigenvalue weighted by Crippen LogP contribution is 2.35. The van der Waals surface area contributed by atoms with E-state index in [1.165, 1.54) is 18.4 Å². The molecule has 0 atom stereocenters. The Morgan fingerprint density at radius 2 is 2.05 bits per heavy atom. The van der Waals surface area contributed by atoms with Crippen LogP contribution in [0.4, 0.5) is 11.8 Å². The maximum Gasteiger partial charge on any atom is 0.222 e. The van der Waals surface area contributed by atoms with Crippen molar-refractivity contribution in [3.8, 4) is 0 Å². The summed E-state index contributed by atoms with van der Waals surface area (Å²) < 4.78 is 0. The fourth-order valence-electron chi connectivity index (χ4n) is 2.64. The number of nitrogen functional groups attached to an aromatic ring is 1. The Labute approximate surface area is 127 Å². The predicted octanol–water partition coefficient (Wildman–Crippen LogP) is 3.44. The van der Waals surface area contributed by atoms with Gasteiger partial charge >= 0.3 is 0 Å². The van der Waals surface area contributed by atoms with Crippen molar-refractivity contribution in [2.24, 2.45) is 0 Å². The lowest BCUT2D eigenvalue weighted by Gasteiger charge is -2.24. The van der Waals surface area contributed by atoms with Gasteiger partial charge in [-0.3, -0.25) is 0 Å². The number of hydrogen-bond acceptors (Lipinski definition) is 5. The highest BCUT2D eigenvalue weighted by Gasteiger charge is 2.31. The van der Waals surface area contributed by atoms with Gasteiger partial charge in [0.25, 0.3) is 0 Å². The standard InChI is InChI=1S/C16H16N4S/c17-16-18-14-4-2-1-3-13(14)15(19-16)20(12-5-6-12)9-11-7-8-21-10-11/h1-4,7-8,10,12H,5-6,9H2,(H2,17,18,19). The molecule has 4 nitrogen and oxygen atoms in total. The fourth-order valence-corrected chi connectivity index (χ4v) is 3.30. The summed E-state index contributed by atoms with van der Waals surface area (Å²) in [5, 5.41) is 5.39. The quantitative estimate of drug-likeness (QED) is 0.801. The van der Waals surface area contributed by atoms with Gasteiger partial charge < -0.3 is 10.6 Å². The first-order valence-corrected chi connectivity index (χ1v) is 8.05. The molecule has 4 rings (SSSR count). The zero-order valence-corrected chi connectivity index (χ0v) is 12.4. The van der Waals surface area contributed by atoms with Gasteiger partial charge in [-0.2, -0.15) is 16.3 Å². The number of nitrogens with zero attached hydrogens (tertiary/aromatic N) is 3. The molecule has 0 amide bonds. The molecule has 21 heavy (non-hydrogen) atoms. The van der Waals surface area contributed by atoms with Crippen LogP contribution in [0.25, 0.3) is 10.9 Å². The van der Waals surface area contributed by atoms with Gasteiger partial charge in [0.05, 0.1) is 5.52 Å². The summed E-state index contributed by atoms with van der Waals surface area (Å²) in [5.41, 5.74) is 8.15. The van der Waals surface area contributed by atoms with Crippen LogP contribution >= 0.6 is 11.3 Å². The lowest BCUT2D eigenvalue weighted by Crippen LogP contribution is -2.26. The third-order valence-corrected chi connectivity index (χ3v) is 4.53. The van der Waals surface area contributed by atoms with E-state index in [0.29, 0.717) is 12.0 Å². The van der Waals surface area contributed by atoms with Gasteiger partial charge in [0.2, 0.25) is 5.95 Å². The molecule has 2 N–H and O–H groups in total. The number of benzene rings is 1. The topological polar surface area (TPSA) is 55.0 Å². The van der Waals surface area contributed by atoms with Crippen LogP contribution in [0, 0.1) is 0 Å². The molecule has 1 fully saturated rings. The Kier molecular flexibility index (Phi) is 3.00. The van der Waals surface area contributed by atoms with Crippen LogP contribution in [0.2, 0.25) is 0 Å². The summed E-state index contributed by atoms with van der Waals surface area (Å²) in [5.74, 6) is 1.31. The molecule has 0 bridgehead atoms. The molecule has 0 unspecified atom stereocenters. The first-order valence-electron chi connectivity index (χ1n) is 7.11. The van der Waals surface area contributed by atoms with Crippen molar-refractivity contribution >= 4 is 34.0 Å². The average Bonchev–Trinajstić information content (AvgIpc) is 3.20. The molecule has 0 radical (unpaired) electrons. The largest absolute Gasteiger partial charge is 0.368 e. The van der Waals surface area contributed by atoms with Crippen molar-refractivity contribution in [2.75, 3.05) is 10.6 Å². The van der Waals surface area contributed by atoms with Crippen molar-refractivity contribution in [3.63, 3.8) is 0 Å². The van der Waals surface area contributed by atoms with E-state index in [0.717, 1.165) is 23.3 Å². The lowest BCUT2D eigenvalue weighted by atomic mass is 10.2. The van der Waals surface area contributed by atoms with Crippen molar-refractivity contribution in [2.45, 2.75) is 25.4 Å². The Morgan fingerprint density at radius 1 is 1.19 bits per heavy atom. The summed E-state index contributed by atoms with van der Waals surface area (Å²) >= 11 is 1.73. The first kappa shape index (κ1) is 12.6. The van der Waals surface area contributed by atoms with E-state index >= 15 is 0 Å². The van der Waals surface area contributed by atoms with Crippen LogP contribution in [0.5, 0.6) is 0 Å². The molecule has 0 saturated heterocycles. The number of thiophene rings is 1. The van der Waals surface area contributed by atoms with E-state index in [9.17, 15) is 0 Å². The van der Waals surface area contributed by atoms with Gasteiger partial charge in [0, 0.05) is 18.0 Å². The molecule has 1 aliphatic carbocycles. The smallest absolute Gasteiger partial charge is 0.222 e. The van der Waals surface area contributed by atoms with E-state index in [-0.39, 0.29) is 0 Å². The van der Waals surface area contributed by atoms with Crippen LogP contribution in [0.15, 0.2) is 41.1 Å². The number of anilines is 2. The summed E-state index contributed by atoms with van der Waals surface area (Å²) in [6.07, 6.45) is 2.45. The molecular weight excluding hydrogens is 280 g/mol. The summed E-state index contributed by atoms with van der Waals surface area (Å²) in [7, 11) is 0. The van der Waals surface area contributed by atoms with E-state index in [1.54, 1.807) is 11.3 Å². The van der Waals surface area contributed by atoms with E-state index in [1.807, 2.05) is 18.2 Å². The van der Waals surface area contributed by atoms with Gasteiger partial charge in [-0.25, -0.2) is 4.98 Å². The van der Waals surface area contributed by atoms with Crippen LogP contribution < -0.4 is 10.6 Å². The second-order valence-electron chi connectivity index (χ2n) is 5.41. The van der Waals surface area contributed by atoms with Crippen molar-refractivity contribution < 1.29 is 0 Å². The van der Waals surface area contributed by atoms with Crippen LogP contribution in [0.1, 0.15) is 18.4 Å². The highest BCUT2D eigenvalue weighted by molar-refractivity contribution is 7.07. The maximum absolute atomic E-state index is 5.91. The van der Waals surface area contributed by atoms with Gasteiger partial charge in [0.1, 0.15) is 5.82 Å². The number of hydrogen-bond donors (Lipinski definition) is 1. The molecule has 1 aromatic carbocycles. The van der Waals surface area contributed by atoms with Crippen LogP contribution in [-0.2, 0) is 6.54 Å². The van der Waals surface area contributed by atoms with Gasteiger partial charge in [-0.05, 0) is 47.4 Å². The zero-order valence-electron chi connectivity index (χ0n) is 11.6. The van der Waals surface area contributed by atoms with E-state index < -0.39 is 0 Å². The van der Waals surface area contributed by atoms with Crippen molar-refractivity contribution in [3.05, 3.63) is 46.7 Å². The number of nitrogens with two attached hydrogens (primary N) is 1. The Morgan fingerprint density at radius 3 is 2.81 bits per heavy atom. The third kappa shape index (κ3) is 2.45. The van der Waals surface area contributed by atoms with Crippen LogP contribution in [-0.4, -0.2) is 16.0 Å². The molecule has 1 aliphatic rings. The predicted molar refractivity (Wildman–Crippen MR) is 87.5 cm³/mol. The Hall–Kier alpha value is -2.14. The minimum absolute atomic E-state index is 0.347. The summed E-state index contributed by atoms with van der Waals surface area (Å²) in [6.45, 7) is 0.884. The third-order valence-electron chi connectivity index (χ3n) is 3.79. The highest BCUT2D eigenvalue weighted by atomic mass is 32.1. The lowest BCUT2D eigenvalue weighted by molar-refractivity contribution is 0.784. The fraction of sp³-hybridized carbons (Fsp3) is 0.250. The molecule has 106 valence electrons. The average molecular weight is 296 g/mol. The molecule has 1 saturated carbocycles. The Balaban J connectivity index is 1.82. The minimum Gasteiger partial charge on any atom is -0.368 e. The molecular formula is C16H16N4S. The van der Waals surface area contributed by atoms with Gasteiger partial charge in [-0.15, -0.1) is 0 Å². The monoisotopic (exact) mass is 296 g/mol.